The van der Waals surface area contributed by atoms with E-state index < -0.39 is 0 Å². The minimum Gasteiger partial charge on any atom is -0.372 e. The molecule has 0 aliphatic carbocycles. The third kappa shape index (κ3) is 4.89. The number of benzene rings is 2. The quantitative estimate of drug-likeness (QED) is 0.239. The highest BCUT2D eigenvalue weighted by Gasteiger charge is 2.13. The average molecular weight is 434 g/mol. The minimum atomic E-state index is -0.203. The third-order valence-corrected chi connectivity index (χ3v) is 5.55. The number of carbonyl (C=O) groups is 1. The van der Waals surface area contributed by atoms with Crippen LogP contribution in [0.25, 0.3) is 10.9 Å². The van der Waals surface area contributed by atoms with Crippen molar-refractivity contribution in [1.29, 1.82) is 0 Å². The number of aromatic amines is 1. The monoisotopic (exact) mass is 433 g/mol. The van der Waals surface area contributed by atoms with Gasteiger partial charge in [-0.1, -0.05) is 12.1 Å². The van der Waals surface area contributed by atoms with Gasteiger partial charge in [0.1, 0.15) is 5.69 Å². The molecule has 1 aromatic heterocycles. The molecule has 1 saturated heterocycles. The number of hydrogen-bond acceptors (Lipinski definition) is 5. The van der Waals surface area contributed by atoms with Gasteiger partial charge in [-0.15, -0.1) is 5.10 Å². The number of aromatic nitrogens is 1. The van der Waals surface area contributed by atoms with Crippen molar-refractivity contribution < 1.29 is 10.0 Å². The smallest absolute Gasteiger partial charge is 0.272 e. The Morgan fingerprint density at radius 1 is 1.06 bits per heavy atom. The van der Waals surface area contributed by atoms with Crippen molar-refractivity contribution >= 4 is 39.9 Å². The number of H-pyrrole nitrogens is 1. The normalized spacial score (nSPS) is 15.1. The summed E-state index contributed by atoms with van der Waals surface area (Å²) in [5.74, 6) is -0.404. The maximum absolute atomic E-state index is 12.8. The van der Waals surface area contributed by atoms with Crippen LogP contribution in [-0.2, 0) is 0 Å². The largest absolute Gasteiger partial charge is 0.372 e. The van der Waals surface area contributed by atoms with Crippen LogP contribution in [-0.4, -0.2) is 40.9 Å². The summed E-state index contributed by atoms with van der Waals surface area (Å²) in [5.41, 5.74) is 11.7. The number of carbonyl (C=O) groups excluding carboxylic acids is 1. The van der Waals surface area contributed by atoms with E-state index in [0.717, 1.165) is 35.2 Å². The molecule has 0 saturated carbocycles. The van der Waals surface area contributed by atoms with Crippen LogP contribution in [0.1, 0.15) is 42.2 Å². The molecule has 1 aliphatic rings. The first kappa shape index (κ1) is 21.4. The second-order valence-electron chi connectivity index (χ2n) is 7.82. The molecule has 2 heterocycles. The summed E-state index contributed by atoms with van der Waals surface area (Å²) in [4.78, 5) is 18.3. The van der Waals surface area contributed by atoms with Crippen LogP contribution in [0.5, 0.6) is 0 Å². The number of anilines is 2. The van der Waals surface area contributed by atoms with Gasteiger partial charge < -0.3 is 20.9 Å². The van der Waals surface area contributed by atoms with Crippen molar-refractivity contribution in [3.8, 4) is 0 Å². The summed E-state index contributed by atoms with van der Waals surface area (Å²) >= 11 is 0. The molecule has 0 unspecified atom stereocenters. The Morgan fingerprint density at radius 3 is 2.53 bits per heavy atom. The SMILES string of the molecule is C/C(=N\N=C(\N)NO)c1ccc2cc(C(=O)Nc3ccc(N4CCCCC4)cc3)[nH]c2c1. The first-order valence-electron chi connectivity index (χ1n) is 10.6. The van der Waals surface area contributed by atoms with Gasteiger partial charge in [0, 0.05) is 35.4 Å². The van der Waals surface area contributed by atoms with Gasteiger partial charge in [0.05, 0.1) is 5.71 Å². The Labute approximate surface area is 186 Å². The molecule has 9 heteroatoms. The lowest BCUT2D eigenvalue weighted by molar-refractivity contribution is 0.102. The van der Waals surface area contributed by atoms with Gasteiger partial charge in [-0.25, -0.2) is 5.48 Å². The van der Waals surface area contributed by atoms with Gasteiger partial charge in [-0.3, -0.25) is 10.0 Å². The lowest BCUT2D eigenvalue weighted by Crippen LogP contribution is -2.29. The number of hydrogen-bond donors (Lipinski definition) is 5. The van der Waals surface area contributed by atoms with Crippen LogP contribution in [0.4, 0.5) is 11.4 Å². The van der Waals surface area contributed by atoms with Crippen LogP contribution in [0.15, 0.2) is 58.7 Å². The number of nitrogens with two attached hydrogens (primary N) is 1. The number of rotatable bonds is 5. The van der Waals surface area contributed by atoms with Crippen LogP contribution in [0, 0.1) is 0 Å². The minimum absolute atomic E-state index is 0.201. The Bertz CT molecular complexity index is 1160. The maximum atomic E-state index is 12.8. The van der Waals surface area contributed by atoms with E-state index in [0.29, 0.717) is 11.4 Å². The fraction of sp³-hybridized carbons (Fsp3) is 0.261. The van der Waals surface area contributed by atoms with Gasteiger partial charge in [-0.05, 0) is 68.1 Å². The number of fused-ring (bicyclic) bond motifs is 1. The molecule has 0 radical (unpaired) electrons. The molecule has 6 N–H and O–H groups in total. The molecule has 0 spiro atoms. The van der Waals surface area contributed by atoms with E-state index in [1.807, 2.05) is 36.4 Å². The fourth-order valence-corrected chi connectivity index (χ4v) is 3.79. The molecule has 9 nitrogen and oxygen atoms in total. The van der Waals surface area contributed by atoms with E-state index in [-0.39, 0.29) is 11.9 Å². The molecule has 3 aromatic rings. The number of guanidine groups is 1. The zero-order valence-corrected chi connectivity index (χ0v) is 17.9. The first-order chi connectivity index (χ1) is 15.5. The molecular formula is C23H27N7O2. The summed E-state index contributed by atoms with van der Waals surface area (Å²) < 4.78 is 0. The van der Waals surface area contributed by atoms with Gasteiger partial charge in [-0.2, -0.15) is 5.10 Å². The third-order valence-electron chi connectivity index (χ3n) is 5.55. The Kier molecular flexibility index (Phi) is 6.37. The summed E-state index contributed by atoms with van der Waals surface area (Å²) in [6.07, 6.45) is 3.76. The van der Waals surface area contributed by atoms with Crippen molar-refractivity contribution in [2.75, 3.05) is 23.3 Å². The van der Waals surface area contributed by atoms with E-state index in [4.69, 9.17) is 10.9 Å². The predicted molar refractivity (Wildman–Crippen MR) is 128 cm³/mol. The topological polar surface area (TPSA) is 131 Å². The highest BCUT2D eigenvalue weighted by Crippen LogP contribution is 2.23. The predicted octanol–water partition coefficient (Wildman–Crippen LogP) is 3.43. The van der Waals surface area contributed by atoms with Crippen molar-refractivity contribution in [2.45, 2.75) is 26.2 Å². The highest BCUT2D eigenvalue weighted by molar-refractivity contribution is 6.07. The number of hydroxylamine groups is 1. The Morgan fingerprint density at radius 2 is 1.81 bits per heavy atom. The van der Waals surface area contributed by atoms with Crippen LogP contribution in [0.2, 0.25) is 0 Å². The molecule has 166 valence electrons. The van der Waals surface area contributed by atoms with Crippen molar-refractivity contribution in [3.63, 3.8) is 0 Å². The second-order valence-corrected chi connectivity index (χ2v) is 7.82. The molecular weight excluding hydrogens is 406 g/mol. The van der Waals surface area contributed by atoms with Gasteiger partial charge >= 0.3 is 0 Å². The van der Waals surface area contributed by atoms with Gasteiger partial charge in [0.25, 0.3) is 5.91 Å². The number of piperidine rings is 1. The number of nitrogens with one attached hydrogen (secondary N) is 3. The van der Waals surface area contributed by atoms with E-state index in [1.165, 1.54) is 24.9 Å². The lowest BCUT2D eigenvalue weighted by Gasteiger charge is -2.28. The number of amides is 1. The Balaban J connectivity index is 1.46. The average Bonchev–Trinajstić information content (AvgIpc) is 3.27. The molecule has 2 aromatic carbocycles. The lowest BCUT2D eigenvalue weighted by atomic mass is 10.1. The van der Waals surface area contributed by atoms with Crippen molar-refractivity contribution in [2.24, 2.45) is 15.9 Å². The molecule has 1 amide bonds. The maximum Gasteiger partial charge on any atom is 0.272 e. The summed E-state index contributed by atoms with van der Waals surface area (Å²) in [7, 11) is 0. The standard InChI is InChI=1S/C23H27N7O2/c1-15(27-28-23(24)29-32)16-5-6-17-14-21(26-20(17)13-16)22(31)25-18-7-9-19(10-8-18)30-11-3-2-4-12-30/h5-10,13-14,26,32H,2-4,11-12H2,1H3,(H,25,31)(H3,24,28,29)/b27-15+. The highest BCUT2D eigenvalue weighted by atomic mass is 16.5. The number of nitrogens with zero attached hydrogens (tertiary/aromatic N) is 3. The molecule has 32 heavy (non-hydrogen) atoms. The molecule has 1 aliphatic heterocycles. The molecule has 0 atom stereocenters. The molecule has 1 fully saturated rings. The van der Waals surface area contributed by atoms with Crippen LogP contribution < -0.4 is 21.4 Å². The van der Waals surface area contributed by atoms with Crippen molar-refractivity contribution in [1.82, 2.24) is 10.5 Å². The molecule has 4 rings (SSSR count). The van der Waals surface area contributed by atoms with Crippen LogP contribution >= 0.6 is 0 Å². The van der Waals surface area contributed by atoms with Crippen LogP contribution in [0.3, 0.4) is 0 Å². The zero-order valence-electron chi connectivity index (χ0n) is 17.9. The summed E-state index contributed by atoms with van der Waals surface area (Å²) in [5, 5.41) is 20.2. The van der Waals surface area contributed by atoms with Crippen molar-refractivity contribution in [3.05, 3.63) is 59.8 Å². The van der Waals surface area contributed by atoms with Gasteiger partial charge in [0.2, 0.25) is 5.96 Å². The second kappa shape index (κ2) is 9.52. The Hall–Kier alpha value is -3.85. The first-order valence-corrected chi connectivity index (χ1v) is 10.6. The van der Waals surface area contributed by atoms with E-state index in [2.05, 4.69) is 37.5 Å². The van der Waals surface area contributed by atoms with E-state index in [9.17, 15) is 4.79 Å². The van der Waals surface area contributed by atoms with E-state index >= 15 is 0 Å². The molecule has 0 bridgehead atoms. The summed E-state index contributed by atoms with van der Waals surface area (Å²) in [6.45, 7) is 3.95. The van der Waals surface area contributed by atoms with E-state index in [1.54, 1.807) is 12.4 Å². The van der Waals surface area contributed by atoms with Gasteiger partial charge in [0.15, 0.2) is 0 Å². The fourth-order valence-electron chi connectivity index (χ4n) is 3.79. The summed E-state index contributed by atoms with van der Waals surface area (Å²) in [6, 6.07) is 15.5. The zero-order chi connectivity index (χ0) is 22.5.